The number of nitrogens with zero attached hydrogens (tertiary/aromatic N) is 3. The average molecular weight is 204 g/mol. The second kappa shape index (κ2) is 3.98. The van der Waals surface area contributed by atoms with Gasteiger partial charge in [0.05, 0.1) is 16.9 Å². The van der Waals surface area contributed by atoms with Crippen LogP contribution in [0.2, 0.25) is 0 Å². The number of hydrogen-bond donors (Lipinski definition) is 1. The van der Waals surface area contributed by atoms with Gasteiger partial charge in [0, 0.05) is 6.42 Å². The first-order valence-corrected chi connectivity index (χ1v) is 5.25. The first kappa shape index (κ1) is 10.1. The topological polar surface area (TPSA) is 56.2 Å². The molecular weight excluding hydrogens is 188 g/mol. The summed E-state index contributed by atoms with van der Waals surface area (Å²) in [4.78, 5) is 4.31. The molecule has 0 bridgehead atoms. The molecule has 2 heterocycles. The van der Waals surface area contributed by atoms with Crippen LogP contribution in [-0.2, 0) is 6.42 Å². The number of rotatable bonds is 3. The van der Waals surface area contributed by atoms with Crippen molar-refractivity contribution in [3.05, 3.63) is 29.8 Å². The highest BCUT2D eigenvalue weighted by Crippen LogP contribution is 2.14. The molecular formula is C11H16N4. The summed E-state index contributed by atoms with van der Waals surface area (Å²) in [6.07, 6.45) is 2.56. The molecule has 0 amide bonds. The van der Waals surface area contributed by atoms with Gasteiger partial charge in [0.1, 0.15) is 6.33 Å². The number of fused-ring (bicyclic) bond motifs is 1. The minimum atomic E-state index is 0.440. The maximum Gasteiger partial charge on any atom is 0.118 e. The van der Waals surface area contributed by atoms with E-state index in [1.165, 1.54) is 0 Å². The summed E-state index contributed by atoms with van der Waals surface area (Å²) in [5.74, 6) is 0.440. The second-order valence-electron chi connectivity index (χ2n) is 3.97. The Labute approximate surface area is 89.1 Å². The fourth-order valence-electron chi connectivity index (χ4n) is 1.60. The van der Waals surface area contributed by atoms with Crippen LogP contribution in [-0.4, -0.2) is 21.1 Å². The van der Waals surface area contributed by atoms with Crippen molar-refractivity contribution >= 4 is 5.52 Å². The molecule has 2 N–H and O–H groups in total. The SMILES string of the molecule is CC(C)c1ccc2c(CCN)ncn2n1. The lowest BCUT2D eigenvalue weighted by atomic mass is 10.1. The molecule has 0 saturated carbocycles. The number of hydrogen-bond acceptors (Lipinski definition) is 3. The quantitative estimate of drug-likeness (QED) is 0.821. The first-order chi connectivity index (χ1) is 7.22. The highest BCUT2D eigenvalue weighted by molar-refractivity contribution is 5.51. The van der Waals surface area contributed by atoms with Gasteiger partial charge in [-0.15, -0.1) is 0 Å². The molecule has 0 radical (unpaired) electrons. The van der Waals surface area contributed by atoms with Crippen LogP contribution in [0.1, 0.15) is 31.2 Å². The Morgan fingerprint density at radius 2 is 2.20 bits per heavy atom. The lowest BCUT2D eigenvalue weighted by molar-refractivity contribution is 0.762. The molecule has 2 aromatic heterocycles. The molecule has 0 aromatic carbocycles. The van der Waals surface area contributed by atoms with E-state index < -0.39 is 0 Å². The predicted molar refractivity (Wildman–Crippen MR) is 59.8 cm³/mol. The monoisotopic (exact) mass is 204 g/mol. The van der Waals surface area contributed by atoms with E-state index in [-0.39, 0.29) is 0 Å². The lowest BCUT2D eigenvalue weighted by Gasteiger charge is -2.04. The molecule has 0 unspecified atom stereocenters. The number of aromatic nitrogens is 3. The van der Waals surface area contributed by atoms with Gasteiger partial charge in [-0.2, -0.15) is 5.10 Å². The van der Waals surface area contributed by atoms with Crippen LogP contribution in [0.4, 0.5) is 0 Å². The van der Waals surface area contributed by atoms with E-state index in [1.54, 1.807) is 6.33 Å². The van der Waals surface area contributed by atoms with Crippen molar-refractivity contribution in [3.63, 3.8) is 0 Å². The van der Waals surface area contributed by atoms with Crippen molar-refractivity contribution in [2.45, 2.75) is 26.2 Å². The predicted octanol–water partition coefficient (Wildman–Crippen LogP) is 1.35. The Balaban J connectivity index is 2.47. The van der Waals surface area contributed by atoms with Gasteiger partial charge in [-0.05, 0) is 24.6 Å². The van der Waals surface area contributed by atoms with Crippen LogP contribution in [0.5, 0.6) is 0 Å². The summed E-state index contributed by atoms with van der Waals surface area (Å²) in [7, 11) is 0. The molecule has 0 aliphatic heterocycles. The summed E-state index contributed by atoms with van der Waals surface area (Å²) in [5, 5.41) is 4.49. The minimum absolute atomic E-state index is 0.440. The zero-order valence-electron chi connectivity index (χ0n) is 9.14. The van der Waals surface area contributed by atoms with Crippen molar-refractivity contribution in [1.29, 1.82) is 0 Å². The molecule has 2 rings (SSSR count). The average Bonchev–Trinajstić information content (AvgIpc) is 2.61. The van der Waals surface area contributed by atoms with Crippen LogP contribution in [0.25, 0.3) is 5.52 Å². The summed E-state index contributed by atoms with van der Waals surface area (Å²) in [6, 6.07) is 4.13. The van der Waals surface area contributed by atoms with Crippen molar-refractivity contribution < 1.29 is 0 Å². The molecule has 0 atom stereocenters. The van der Waals surface area contributed by atoms with Gasteiger partial charge in [-0.3, -0.25) is 0 Å². The Hall–Kier alpha value is -1.42. The minimum Gasteiger partial charge on any atom is -0.330 e. The third-order valence-corrected chi connectivity index (χ3v) is 2.47. The fourth-order valence-corrected chi connectivity index (χ4v) is 1.60. The largest absolute Gasteiger partial charge is 0.330 e. The van der Waals surface area contributed by atoms with Crippen molar-refractivity contribution in [2.75, 3.05) is 6.54 Å². The Morgan fingerprint density at radius 3 is 2.87 bits per heavy atom. The van der Waals surface area contributed by atoms with E-state index in [4.69, 9.17) is 5.73 Å². The Bertz CT molecular complexity index is 459. The highest BCUT2D eigenvalue weighted by Gasteiger charge is 2.06. The molecule has 4 heteroatoms. The summed E-state index contributed by atoms with van der Waals surface area (Å²) >= 11 is 0. The maximum absolute atomic E-state index is 5.52. The highest BCUT2D eigenvalue weighted by atomic mass is 15.2. The van der Waals surface area contributed by atoms with Crippen molar-refractivity contribution in [3.8, 4) is 0 Å². The van der Waals surface area contributed by atoms with Crippen molar-refractivity contribution in [2.24, 2.45) is 5.73 Å². The molecule has 2 aromatic rings. The smallest absolute Gasteiger partial charge is 0.118 e. The van der Waals surface area contributed by atoms with Gasteiger partial charge in [0.2, 0.25) is 0 Å². The standard InChI is InChI=1S/C11H16N4/c1-8(2)9-3-4-11-10(5-6-12)13-7-15(11)14-9/h3-4,7-8H,5-6,12H2,1-2H3. The molecule has 0 fully saturated rings. The number of nitrogens with two attached hydrogens (primary N) is 1. The maximum atomic E-state index is 5.52. The second-order valence-corrected chi connectivity index (χ2v) is 3.97. The Kier molecular flexibility index (Phi) is 2.68. The number of imidazole rings is 1. The molecule has 0 spiro atoms. The van der Waals surface area contributed by atoms with Crippen LogP contribution in [0.3, 0.4) is 0 Å². The third kappa shape index (κ3) is 1.85. The van der Waals surface area contributed by atoms with Crippen molar-refractivity contribution in [1.82, 2.24) is 14.6 Å². The molecule has 0 aliphatic rings. The fraction of sp³-hybridized carbons (Fsp3) is 0.455. The third-order valence-electron chi connectivity index (χ3n) is 2.47. The van der Waals surface area contributed by atoms with E-state index in [1.807, 2.05) is 4.52 Å². The summed E-state index contributed by atoms with van der Waals surface area (Å²) in [6.45, 7) is 4.89. The van der Waals surface area contributed by atoms with Gasteiger partial charge in [-0.1, -0.05) is 13.8 Å². The van der Waals surface area contributed by atoms with Crippen LogP contribution >= 0.6 is 0 Å². The van der Waals surface area contributed by atoms with Gasteiger partial charge >= 0.3 is 0 Å². The summed E-state index contributed by atoms with van der Waals surface area (Å²) < 4.78 is 1.83. The normalized spacial score (nSPS) is 11.5. The van der Waals surface area contributed by atoms with Crippen LogP contribution < -0.4 is 5.73 Å². The van der Waals surface area contributed by atoms with Gasteiger partial charge in [0.25, 0.3) is 0 Å². The van der Waals surface area contributed by atoms with Gasteiger partial charge in [-0.25, -0.2) is 9.50 Å². The van der Waals surface area contributed by atoms with E-state index in [0.717, 1.165) is 23.3 Å². The van der Waals surface area contributed by atoms with E-state index >= 15 is 0 Å². The van der Waals surface area contributed by atoms with Gasteiger partial charge < -0.3 is 5.73 Å². The molecule has 80 valence electrons. The van der Waals surface area contributed by atoms with Crippen LogP contribution in [0, 0.1) is 0 Å². The first-order valence-electron chi connectivity index (χ1n) is 5.25. The summed E-state index contributed by atoms with van der Waals surface area (Å²) in [5.41, 5.74) is 8.69. The lowest BCUT2D eigenvalue weighted by Crippen LogP contribution is -2.04. The molecule has 0 saturated heterocycles. The van der Waals surface area contributed by atoms with E-state index in [9.17, 15) is 0 Å². The zero-order valence-corrected chi connectivity index (χ0v) is 9.14. The zero-order chi connectivity index (χ0) is 10.8. The molecule has 0 aliphatic carbocycles. The van der Waals surface area contributed by atoms with Crippen LogP contribution in [0.15, 0.2) is 18.5 Å². The van der Waals surface area contributed by atoms with E-state index in [2.05, 4.69) is 36.1 Å². The van der Waals surface area contributed by atoms with Gasteiger partial charge in [0.15, 0.2) is 0 Å². The molecule has 4 nitrogen and oxygen atoms in total. The molecule has 15 heavy (non-hydrogen) atoms. The Morgan fingerprint density at radius 1 is 1.40 bits per heavy atom. The van der Waals surface area contributed by atoms with E-state index in [0.29, 0.717) is 12.5 Å².